The van der Waals surface area contributed by atoms with Crippen molar-refractivity contribution >= 4 is 17.9 Å². The third kappa shape index (κ3) is 3.79. The zero-order chi connectivity index (χ0) is 21.2. The lowest BCUT2D eigenvalue weighted by atomic mass is 10.1. The molecule has 3 aromatic carbocycles. The topological polar surface area (TPSA) is 56.5 Å². The molecule has 0 radical (unpaired) electrons. The monoisotopic (exact) mass is 409 g/mol. The van der Waals surface area contributed by atoms with Crippen molar-refractivity contribution < 1.29 is 13.9 Å². The molecule has 0 aliphatic carbocycles. The van der Waals surface area contributed by atoms with E-state index in [9.17, 15) is 9.18 Å². The van der Waals surface area contributed by atoms with Crippen LogP contribution in [0.5, 0.6) is 0 Å². The van der Waals surface area contributed by atoms with Crippen LogP contribution in [0.15, 0.2) is 102 Å². The van der Waals surface area contributed by atoms with E-state index in [0.717, 1.165) is 16.8 Å². The number of carbonyl (C=O) groups is 1. The van der Waals surface area contributed by atoms with Crippen LogP contribution in [0.25, 0.3) is 23.0 Å². The number of aromatic nitrogens is 2. The highest BCUT2D eigenvalue weighted by Crippen LogP contribution is 2.28. The van der Waals surface area contributed by atoms with E-state index in [1.807, 2.05) is 66.9 Å². The lowest BCUT2D eigenvalue weighted by molar-refractivity contribution is -0.129. The van der Waals surface area contributed by atoms with Gasteiger partial charge in [-0.15, -0.1) is 0 Å². The van der Waals surface area contributed by atoms with E-state index in [2.05, 4.69) is 10.1 Å². The Bertz CT molecular complexity index is 1310. The number of rotatable bonds is 4. The van der Waals surface area contributed by atoms with Gasteiger partial charge in [-0.1, -0.05) is 36.4 Å². The third-order valence-electron chi connectivity index (χ3n) is 4.81. The molecule has 1 aliphatic heterocycles. The fourth-order valence-electron chi connectivity index (χ4n) is 3.30. The van der Waals surface area contributed by atoms with Crippen LogP contribution in [0.2, 0.25) is 0 Å². The fraction of sp³-hybridized carbons (Fsp3) is 0. The quantitative estimate of drug-likeness (QED) is 0.351. The van der Waals surface area contributed by atoms with E-state index >= 15 is 0 Å². The average Bonchev–Trinajstić information content (AvgIpc) is 3.40. The number of nitrogens with zero attached hydrogens (tertiary/aromatic N) is 3. The molecule has 0 atom stereocenters. The minimum atomic E-state index is -0.531. The maximum Gasteiger partial charge on any atom is 0.363 e. The molecule has 2 heterocycles. The number of cyclic esters (lactones) is 1. The van der Waals surface area contributed by atoms with Crippen LogP contribution in [-0.2, 0) is 9.53 Å². The van der Waals surface area contributed by atoms with Gasteiger partial charge in [-0.25, -0.2) is 18.9 Å². The normalized spacial score (nSPS) is 14.5. The first-order valence-electron chi connectivity index (χ1n) is 9.66. The molecule has 0 unspecified atom stereocenters. The molecule has 5 nitrogen and oxygen atoms in total. The van der Waals surface area contributed by atoms with Gasteiger partial charge in [0.05, 0.1) is 5.69 Å². The average molecular weight is 409 g/mol. The second-order valence-corrected chi connectivity index (χ2v) is 6.92. The Morgan fingerprint density at radius 2 is 1.52 bits per heavy atom. The van der Waals surface area contributed by atoms with Crippen LogP contribution in [0, 0.1) is 5.82 Å². The molecule has 150 valence electrons. The molecule has 1 aliphatic rings. The van der Waals surface area contributed by atoms with Crippen LogP contribution in [0.3, 0.4) is 0 Å². The molecule has 0 fully saturated rings. The summed E-state index contributed by atoms with van der Waals surface area (Å²) in [6.07, 6.45) is 3.45. The largest absolute Gasteiger partial charge is 0.402 e. The molecule has 0 bridgehead atoms. The molecule has 31 heavy (non-hydrogen) atoms. The van der Waals surface area contributed by atoms with Crippen molar-refractivity contribution in [3.05, 3.63) is 114 Å². The highest BCUT2D eigenvalue weighted by atomic mass is 19.1. The lowest BCUT2D eigenvalue weighted by Gasteiger charge is -2.00. The van der Waals surface area contributed by atoms with E-state index in [1.165, 1.54) is 12.1 Å². The van der Waals surface area contributed by atoms with Gasteiger partial charge in [0.1, 0.15) is 11.5 Å². The number of esters is 1. The Balaban J connectivity index is 1.61. The first kappa shape index (κ1) is 18.7. The minimum absolute atomic E-state index is 0.176. The zero-order valence-corrected chi connectivity index (χ0v) is 16.3. The summed E-state index contributed by atoms with van der Waals surface area (Å²) in [6.45, 7) is 0. The number of aliphatic imine (C=N–C) groups is 1. The first-order chi connectivity index (χ1) is 15.2. The van der Waals surface area contributed by atoms with Crippen LogP contribution in [-0.4, -0.2) is 21.6 Å². The number of carbonyl (C=O) groups excluding carboxylic acids is 1. The molecule has 0 saturated heterocycles. The SMILES string of the molecule is O=C1OC(c2ccccc2)=N/C1=C/c1cn(-c2ccccc2)nc1-c1ccc(F)cc1. The highest BCUT2D eigenvalue weighted by molar-refractivity contribution is 6.13. The van der Waals surface area contributed by atoms with Gasteiger partial charge in [-0.2, -0.15) is 5.10 Å². The van der Waals surface area contributed by atoms with Crippen LogP contribution >= 0.6 is 0 Å². The number of halogens is 1. The second-order valence-electron chi connectivity index (χ2n) is 6.92. The third-order valence-corrected chi connectivity index (χ3v) is 4.81. The van der Waals surface area contributed by atoms with Gasteiger partial charge in [-0.05, 0) is 54.6 Å². The number of para-hydroxylation sites is 1. The van der Waals surface area contributed by atoms with Crippen molar-refractivity contribution in [2.24, 2.45) is 4.99 Å². The molecule has 0 amide bonds. The van der Waals surface area contributed by atoms with Crippen molar-refractivity contribution in [2.45, 2.75) is 0 Å². The molecule has 4 aromatic rings. The first-order valence-corrected chi connectivity index (χ1v) is 9.66. The molecular formula is C25H16FN3O2. The van der Waals surface area contributed by atoms with Crippen molar-refractivity contribution in [3.63, 3.8) is 0 Å². The van der Waals surface area contributed by atoms with Crippen LogP contribution < -0.4 is 0 Å². The molecular weight excluding hydrogens is 393 g/mol. The highest BCUT2D eigenvalue weighted by Gasteiger charge is 2.25. The summed E-state index contributed by atoms with van der Waals surface area (Å²) in [5, 5.41) is 4.67. The summed E-state index contributed by atoms with van der Waals surface area (Å²) in [4.78, 5) is 16.8. The predicted molar refractivity (Wildman–Crippen MR) is 116 cm³/mol. The maximum absolute atomic E-state index is 13.4. The molecule has 0 spiro atoms. The van der Waals surface area contributed by atoms with Gasteiger partial charge in [0.2, 0.25) is 5.90 Å². The lowest BCUT2D eigenvalue weighted by Crippen LogP contribution is -2.04. The Morgan fingerprint density at radius 3 is 2.23 bits per heavy atom. The molecule has 0 N–H and O–H groups in total. The van der Waals surface area contributed by atoms with Gasteiger partial charge in [0.25, 0.3) is 0 Å². The van der Waals surface area contributed by atoms with Crippen molar-refractivity contribution in [2.75, 3.05) is 0 Å². The second kappa shape index (κ2) is 7.84. The molecule has 5 rings (SSSR count). The summed E-state index contributed by atoms with van der Waals surface area (Å²) in [5.74, 6) is -0.602. The molecule has 6 heteroatoms. The summed E-state index contributed by atoms with van der Waals surface area (Å²) >= 11 is 0. The van der Waals surface area contributed by atoms with Gasteiger partial charge in [0.15, 0.2) is 5.70 Å². The maximum atomic E-state index is 13.4. The van der Waals surface area contributed by atoms with Gasteiger partial charge in [-0.3, -0.25) is 0 Å². The summed E-state index contributed by atoms with van der Waals surface area (Å²) in [5.41, 5.74) is 3.75. The van der Waals surface area contributed by atoms with Crippen molar-refractivity contribution in [1.29, 1.82) is 0 Å². The van der Waals surface area contributed by atoms with E-state index in [4.69, 9.17) is 4.74 Å². The van der Waals surface area contributed by atoms with Crippen LogP contribution in [0.4, 0.5) is 4.39 Å². The Hall–Kier alpha value is -4.32. The summed E-state index contributed by atoms with van der Waals surface area (Å²) in [7, 11) is 0. The number of benzene rings is 3. The summed E-state index contributed by atoms with van der Waals surface area (Å²) in [6, 6.07) is 24.9. The van der Waals surface area contributed by atoms with E-state index < -0.39 is 5.97 Å². The Kier molecular flexibility index (Phi) is 4.72. The minimum Gasteiger partial charge on any atom is -0.402 e. The van der Waals surface area contributed by atoms with E-state index in [1.54, 1.807) is 22.9 Å². The Morgan fingerprint density at radius 1 is 0.839 bits per heavy atom. The number of hydrogen-bond donors (Lipinski definition) is 0. The molecule has 0 saturated carbocycles. The van der Waals surface area contributed by atoms with Gasteiger partial charge < -0.3 is 4.74 Å². The summed E-state index contributed by atoms with van der Waals surface area (Å²) < 4.78 is 20.5. The molecule has 1 aromatic heterocycles. The standard InChI is InChI=1S/C25H16FN3O2/c26-20-13-11-17(12-14-20)23-19(16-29(28-23)21-9-5-2-6-10-21)15-22-25(30)31-24(27-22)18-7-3-1-4-8-18/h1-16H/b22-15+. The number of ether oxygens (including phenoxy) is 1. The van der Waals surface area contributed by atoms with E-state index in [-0.39, 0.29) is 17.4 Å². The predicted octanol–water partition coefficient (Wildman–Crippen LogP) is 5.02. The Labute approximate surface area is 177 Å². The fourth-order valence-corrected chi connectivity index (χ4v) is 3.30. The van der Waals surface area contributed by atoms with Gasteiger partial charge in [0, 0.05) is 22.9 Å². The van der Waals surface area contributed by atoms with E-state index in [0.29, 0.717) is 11.3 Å². The van der Waals surface area contributed by atoms with Crippen molar-refractivity contribution in [1.82, 2.24) is 9.78 Å². The van der Waals surface area contributed by atoms with Gasteiger partial charge >= 0.3 is 5.97 Å². The zero-order valence-electron chi connectivity index (χ0n) is 16.3. The smallest absolute Gasteiger partial charge is 0.363 e. The van der Waals surface area contributed by atoms with Crippen molar-refractivity contribution in [3.8, 4) is 16.9 Å². The number of hydrogen-bond acceptors (Lipinski definition) is 4. The van der Waals surface area contributed by atoms with Crippen LogP contribution in [0.1, 0.15) is 11.1 Å².